The van der Waals surface area contributed by atoms with Gasteiger partial charge in [-0.1, -0.05) is 24.3 Å². The number of carbonyl (C=O) groups excluding carboxylic acids is 1. The second-order valence-electron chi connectivity index (χ2n) is 7.65. The van der Waals surface area contributed by atoms with Crippen LogP contribution in [0.4, 0.5) is 0 Å². The topological polar surface area (TPSA) is 51.2 Å². The molecule has 0 aromatic heterocycles. The Morgan fingerprint density at radius 3 is 2.27 bits per heavy atom. The summed E-state index contributed by atoms with van der Waals surface area (Å²) >= 11 is 0. The Balaban J connectivity index is 1.63. The van der Waals surface area contributed by atoms with Gasteiger partial charge < -0.3 is 19.1 Å². The molecule has 0 N–H and O–H groups in total. The number of aryl methyl sites for hydroxylation is 1. The lowest BCUT2D eigenvalue weighted by molar-refractivity contribution is -0.130. The van der Waals surface area contributed by atoms with Crippen molar-refractivity contribution in [2.24, 2.45) is 0 Å². The summed E-state index contributed by atoms with van der Waals surface area (Å²) in [4.78, 5) is 17.4. The molecule has 162 valence electrons. The van der Waals surface area contributed by atoms with Gasteiger partial charge in [-0.25, -0.2) is 0 Å². The minimum Gasteiger partial charge on any atom is -0.493 e. The maximum Gasteiger partial charge on any atom is 0.227 e. The summed E-state index contributed by atoms with van der Waals surface area (Å²) in [6.07, 6.45) is 1.29. The zero-order valence-corrected chi connectivity index (χ0v) is 18.4. The van der Waals surface area contributed by atoms with Crippen LogP contribution in [0, 0.1) is 6.92 Å². The van der Waals surface area contributed by atoms with Crippen LogP contribution in [-0.4, -0.2) is 63.2 Å². The third-order valence-corrected chi connectivity index (χ3v) is 5.68. The van der Waals surface area contributed by atoms with Gasteiger partial charge in [0.2, 0.25) is 11.7 Å². The highest BCUT2D eigenvalue weighted by Gasteiger charge is 2.21. The van der Waals surface area contributed by atoms with Crippen LogP contribution >= 0.6 is 0 Å². The number of hydrogen-bond donors (Lipinski definition) is 0. The van der Waals surface area contributed by atoms with Crippen molar-refractivity contribution in [3.05, 3.63) is 53.1 Å². The van der Waals surface area contributed by atoms with Crippen LogP contribution in [0.25, 0.3) is 0 Å². The maximum absolute atomic E-state index is 13.0. The predicted octanol–water partition coefficient (Wildman–Crippen LogP) is 3.30. The Bertz CT molecular complexity index is 843. The molecule has 1 amide bonds. The minimum atomic E-state index is 0.127. The molecule has 0 spiro atoms. The Labute approximate surface area is 179 Å². The Kier molecular flexibility index (Phi) is 7.57. The molecule has 30 heavy (non-hydrogen) atoms. The summed E-state index contributed by atoms with van der Waals surface area (Å²) in [5.41, 5.74) is 3.53. The smallest absolute Gasteiger partial charge is 0.227 e. The van der Waals surface area contributed by atoms with Crippen LogP contribution in [0.3, 0.4) is 0 Å². The molecular formula is C24H32N2O4. The first-order valence-electron chi connectivity index (χ1n) is 10.4. The summed E-state index contributed by atoms with van der Waals surface area (Å²) < 4.78 is 16.2. The quantitative estimate of drug-likeness (QED) is 0.699. The van der Waals surface area contributed by atoms with Crippen molar-refractivity contribution in [2.45, 2.75) is 26.3 Å². The van der Waals surface area contributed by atoms with Crippen LogP contribution in [0.5, 0.6) is 17.2 Å². The van der Waals surface area contributed by atoms with Crippen LogP contribution in [0.1, 0.15) is 23.1 Å². The van der Waals surface area contributed by atoms with Gasteiger partial charge in [-0.15, -0.1) is 0 Å². The van der Waals surface area contributed by atoms with E-state index in [1.54, 1.807) is 21.3 Å². The third-order valence-electron chi connectivity index (χ3n) is 5.68. The maximum atomic E-state index is 13.0. The SMILES string of the molecule is COc1cc(CC(=O)N2CCCN(Cc3ccccc3C)CC2)cc(OC)c1OC. The summed E-state index contributed by atoms with van der Waals surface area (Å²) in [7, 11) is 4.74. The van der Waals surface area contributed by atoms with E-state index in [2.05, 4.69) is 36.1 Å². The molecule has 1 aliphatic heterocycles. The first-order valence-corrected chi connectivity index (χ1v) is 10.4. The molecule has 0 atom stereocenters. The normalized spacial score (nSPS) is 14.9. The average Bonchev–Trinajstić information content (AvgIpc) is 3.00. The number of ether oxygens (including phenoxy) is 3. The highest BCUT2D eigenvalue weighted by atomic mass is 16.5. The second-order valence-corrected chi connectivity index (χ2v) is 7.65. The highest BCUT2D eigenvalue weighted by Crippen LogP contribution is 2.38. The summed E-state index contributed by atoms with van der Waals surface area (Å²) in [5.74, 6) is 1.81. The van der Waals surface area contributed by atoms with Gasteiger partial charge in [0.15, 0.2) is 11.5 Å². The fourth-order valence-corrected chi connectivity index (χ4v) is 3.93. The fourth-order valence-electron chi connectivity index (χ4n) is 3.93. The lowest BCUT2D eigenvalue weighted by Crippen LogP contribution is -2.36. The first kappa shape index (κ1) is 22.0. The van der Waals surface area contributed by atoms with Crippen molar-refractivity contribution in [2.75, 3.05) is 47.5 Å². The molecule has 1 fully saturated rings. The van der Waals surface area contributed by atoms with Gasteiger partial charge >= 0.3 is 0 Å². The van der Waals surface area contributed by atoms with E-state index >= 15 is 0 Å². The van der Waals surface area contributed by atoms with Crippen LogP contribution < -0.4 is 14.2 Å². The monoisotopic (exact) mass is 412 g/mol. The largest absolute Gasteiger partial charge is 0.493 e. The first-order chi connectivity index (χ1) is 14.5. The lowest BCUT2D eigenvalue weighted by Gasteiger charge is -2.23. The molecule has 0 unspecified atom stereocenters. The van der Waals surface area contributed by atoms with Crippen LogP contribution in [0.2, 0.25) is 0 Å². The lowest BCUT2D eigenvalue weighted by atomic mass is 10.1. The zero-order chi connectivity index (χ0) is 21.5. The van der Waals surface area contributed by atoms with Gasteiger partial charge in [0.1, 0.15) is 0 Å². The summed E-state index contributed by atoms with van der Waals surface area (Å²) in [6.45, 7) is 6.50. The van der Waals surface area contributed by atoms with Crippen LogP contribution in [-0.2, 0) is 17.8 Å². The van der Waals surface area contributed by atoms with Crippen molar-refractivity contribution >= 4 is 5.91 Å². The highest BCUT2D eigenvalue weighted by molar-refractivity contribution is 5.79. The van der Waals surface area contributed by atoms with Gasteiger partial charge in [-0.2, -0.15) is 0 Å². The van der Waals surface area contributed by atoms with Gasteiger partial charge in [0, 0.05) is 32.7 Å². The number of carbonyl (C=O) groups is 1. The summed E-state index contributed by atoms with van der Waals surface area (Å²) in [5, 5.41) is 0. The molecule has 2 aromatic carbocycles. The van der Waals surface area contributed by atoms with E-state index in [0.29, 0.717) is 23.7 Å². The second kappa shape index (κ2) is 10.3. The van der Waals surface area contributed by atoms with Crippen molar-refractivity contribution in [3.8, 4) is 17.2 Å². The van der Waals surface area contributed by atoms with Crippen LogP contribution in [0.15, 0.2) is 36.4 Å². The number of benzene rings is 2. The van der Waals surface area contributed by atoms with E-state index in [1.807, 2.05) is 17.0 Å². The molecule has 6 heteroatoms. The van der Waals surface area contributed by atoms with Crippen molar-refractivity contribution in [3.63, 3.8) is 0 Å². The molecule has 0 radical (unpaired) electrons. The molecule has 1 aliphatic rings. The summed E-state index contributed by atoms with van der Waals surface area (Å²) in [6, 6.07) is 12.2. The van der Waals surface area contributed by atoms with E-state index < -0.39 is 0 Å². The van der Waals surface area contributed by atoms with Crippen molar-refractivity contribution in [1.29, 1.82) is 0 Å². The zero-order valence-electron chi connectivity index (χ0n) is 18.4. The molecule has 3 rings (SSSR count). The number of amides is 1. The van der Waals surface area contributed by atoms with E-state index in [-0.39, 0.29) is 5.91 Å². The number of rotatable bonds is 7. The molecule has 0 saturated carbocycles. The molecule has 1 heterocycles. The Morgan fingerprint density at radius 1 is 0.933 bits per heavy atom. The number of hydrogen-bond acceptors (Lipinski definition) is 5. The molecule has 6 nitrogen and oxygen atoms in total. The number of methoxy groups -OCH3 is 3. The molecule has 2 aromatic rings. The number of nitrogens with zero attached hydrogens (tertiary/aromatic N) is 2. The minimum absolute atomic E-state index is 0.127. The molecule has 0 aliphatic carbocycles. The van der Waals surface area contributed by atoms with E-state index in [4.69, 9.17) is 14.2 Å². The Hall–Kier alpha value is -2.73. The van der Waals surface area contributed by atoms with Gasteiger partial charge in [-0.05, 0) is 42.2 Å². The molecule has 0 bridgehead atoms. The van der Waals surface area contributed by atoms with E-state index in [0.717, 1.165) is 44.7 Å². The Morgan fingerprint density at radius 2 is 1.63 bits per heavy atom. The van der Waals surface area contributed by atoms with Gasteiger partial charge in [0.05, 0.1) is 27.8 Å². The molecular weight excluding hydrogens is 380 g/mol. The van der Waals surface area contributed by atoms with Gasteiger partial charge in [-0.3, -0.25) is 9.69 Å². The average molecular weight is 413 g/mol. The van der Waals surface area contributed by atoms with Crippen molar-refractivity contribution in [1.82, 2.24) is 9.80 Å². The predicted molar refractivity (Wildman–Crippen MR) is 117 cm³/mol. The fraction of sp³-hybridized carbons (Fsp3) is 0.458. The standard InChI is InChI=1S/C24H32N2O4/c1-18-8-5-6-9-20(18)17-25-10-7-11-26(13-12-25)23(27)16-19-14-21(28-2)24(30-4)22(15-19)29-3/h5-6,8-9,14-15H,7,10-13,16-17H2,1-4H3. The molecule has 1 saturated heterocycles. The third kappa shape index (κ3) is 5.25. The van der Waals surface area contributed by atoms with Crippen molar-refractivity contribution < 1.29 is 19.0 Å². The van der Waals surface area contributed by atoms with Gasteiger partial charge in [0.25, 0.3) is 0 Å². The van der Waals surface area contributed by atoms with E-state index in [9.17, 15) is 4.79 Å². The van der Waals surface area contributed by atoms with E-state index in [1.165, 1.54) is 11.1 Å².